The van der Waals surface area contributed by atoms with E-state index in [9.17, 15) is 24.8 Å². The van der Waals surface area contributed by atoms with E-state index in [-0.39, 0.29) is 23.5 Å². The molecule has 0 aromatic heterocycles. The quantitative estimate of drug-likeness (QED) is 0.670. The summed E-state index contributed by atoms with van der Waals surface area (Å²) < 4.78 is 5.11. The molecule has 1 heterocycles. The second kappa shape index (κ2) is 6.23. The fraction of sp³-hybridized carbons (Fsp3) is 0.467. The van der Waals surface area contributed by atoms with Crippen LogP contribution in [0.3, 0.4) is 0 Å². The molecule has 0 radical (unpaired) electrons. The summed E-state index contributed by atoms with van der Waals surface area (Å²) in [5.74, 6) is -1.19. The number of hydrogen-bond donors (Lipinski definition) is 1. The molecule has 1 aliphatic rings. The molecule has 0 bridgehead atoms. The minimum atomic E-state index is -1.01. The lowest BCUT2D eigenvalue weighted by atomic mass is 9.82. The van der Waals surface area contributed by atoms with Gasteiger partial charge < -0.3 is 14.7 Å². The third-order valence-electron chi connectivity index (χ3n) is 4.12. The van der Waals surface area contributed by atoms with E-state index in [1.165, 1.54) is 24.1 Å². The summed E-state index contributed by atoms with van der Waals surface area (Å²) in [6.45, 7) is 2.07. The zero-order valence-electron chi connectivity index (χ0n) is 12.9. The Balaban J connectivity index is 2.34. The number of carboxylic acid groups (broad SMARTS) is 1. The van der Waals surface area contributed by atoms with Crippen LogP contribution in [0.5, 0.6) is 5.75 Å². The molecule has 1 fully saturated rings. The Bertz CT molecular complexity index is 659. The van der Waals surface area contributed by atoms with E-state index in [0.717, 1.165) is 6.07 Å². The van der Waals surface area contributed by atoms with Crippen molar-refractivity contribution in [1.29, 1.82) is 0 Å². The first kappa shape index (κ1) is 16.7. The fourth-order valence-corrected chi connectivity index (χ4v) is 2.73. The molecule has 1 atom stereocenters. The highest BCUT2D eigenvalue weighted by Crippen LogP contribution is 2.32. The summed E-state index contributed by atoms with van der Waals surface area (Å²) >= 11 is 0. The molecule has 1 aliphatic heterocycles. The predicted octanol–water partition coefficient (Wildman–Crippen LogP) is 1.93. The van der Waals surface area contributed by atoms with Gasteiger partial charge in [0.2, 0.25) is 0 Å². The molecule has 124 valence electrons. The lowest BCUT2D eigenvalue weighted by Crippen LogP contribution is -2.48. The second-order valence-corrected chi connectivity index (χ2v) is 5.84. The van der Waals surface area contributed by atoms with Crippen molar-refractivity contribution in [2.45, 2.75) is 19.8 Å². The first-order valence-corrected chi connectivity index (χ1v) is 7.13. The van der Waals surface area contributed by atoms with Gasteiger partial charge in [0.25, 0.3) is 11.6 Å². The topological polar surface area (TPSA) is 110 Å². The molecule has 1 unspecified atom stereocenters. The number of ether oxygens (including phenoxy) is 1. The van der Waals surface area contributed by atoms with E-state index < -0.39 is 22.2 Å². The molecule has 2 rings (SSSR count). The highest BCUT2D eigenvalue weighted by Gasteiger charge is 2.40. The van der Waals surface area contributed by atoms with Gasteiger partial charge in [0.05, 0.1) is 23.0 Å². The van der Waals surface area contributed by atoms with Crippen LogP contribution in [0.25, 0.3) is 0 Å². The minimum absolute atomic E-state index is 0.0625. The number of hydrogen-bond acceptors (Lipinski definition) is 5. The van der Waals surface area contributed by atoms with Crippen molar-refractivity contribution in [3.8, 4) is 5.75 Å². The Kier molecular flexibility index (Phi) is 4.53. The van der Waals surface area contributed by atoms with Gasteiger partial charge in [-0.05, 0) is 25.8 Å². The largest absolute Gasteiger partial charge is 0.496 e. The van der Waals surface area contributed by atoms with Crippen molar-refractivity contribution >= 4 is 17.6 Å². The SMILES string of the molecule is COc1ccc([N+](=O)[O-])cc1C(=O)N1CCCC(C)(C(=O)O)C1. The van der Waals surface area contributed by atoms with Gasteiger partial charge >= 0.3 is 5.97 Å². The summed E-state index contributed by atoms with van der Waals surface area (Å²) in [5, 5.41) is 20.2. The first-order chi connectivity index (χ1) is 10.8. The number of amides is 1. The molecule has 1 amide bonds. The normalized spacial score (nSPS) is 20.9. The molecule has 1 saturated heterocycles. The maximum Gasteiger partial charge on any atom is 0.311 e. The smallest absolute Gasteiger partial charge is 0.311 e. The molecule has 1 aromatic rings. The van der Waals surface area contributed by atoms with Crippen molar-refractivity contribution in [3.05, 3.63) is 33.9 Å². The van der Waals surface area contributed by atoms with Crippen LogP contribution in [0.1, 0.15) is 30.1 Å². The van der Waals surface area contributed by atoms with Crippen molar-refractivity contribution in [2.24, 2.45) is 5.41 Å². The van der Waals surface area contributed by atoms with Crippen molar-refractivity contribution < 1.29 is 24.4 Å². The number of carboxylic acids is 1. The van der Waals surface area contributed by atoms with Crippen LogP contribution in [0.15, 0.2) is 18.2 Å². The summed E-state index contributed by atoms with van der Waals surface area (Å²) in [7, 11) is 1.37. The zero-order chi connectivity index (χ0) is 17.2. The lowest BCUT2D eigenvalue weighted by Gasteiger charge is -2.37. The summed E-state index contributed by atoms with van der Waals surface area (Å²) in [6.07, 6.45) is 1.05. The average molecular weight is 322 g/mol. The van der Waals surface area contributed by atoms with Crippen LogP contribution in [0, 0.1) is 15.5 Å². The maximum atomic E-state index is 12.7. The van der Waals surface area contributed by atoms with Crippen LogP contribution in [-0.2, 0) is 4.79 Å². The Hall–Kier alpha value is -2.64. The van der Waals surface area contributed by atoms with E-state index in [1.807, 2.05) is 0 Å². The molecule has 0 saturated carbocycles. The molecular weight excluding hydrogens is 304 g/mol. The Labute approximate surface area is 132 Å². The number of nitro benzene ring substituents is 1. The van der Waals surface area contributed by atoms with E-state index in [1.54, 1.807) is 6.92 Å². The number of carbonyl (C=O) groups is 2. The van der Waals surface area contributed by atoms with E-state index >= 15 is 0 Å². The molecule has 8 heteroatoms. The molecule has 1 aromatic carbocycles. The summed E-state index contributed by atoms with van der Waals surface area (Å²) in [4.78, 5) is 35.8. The van der Waals surface area contributed by atoms with Crippen LogP contribution < -0.4 is 4.74 Å². The monoisotopic (exact) mass is 322 g/mol. The Morgan fingerprint density at radius 3 is 2.70 bits per heavy atom. The summed E-state index contributed by atoms with van der Waals surface area (Å²) in [6, 6.07) is 3.78. The highest BCUT2D eigenvalue weighted by molar-refractivity contribution is 5.98. The number of non-ortho nitro benzene ring substituents is 1. The number of nitro groups is 1. The number of nitrogens with zero attached hydrogens (tertiary/aromatic N) is 2. The minimum Gasteiger partial charge on any atom is -0.496 e. The fourth-order valence-electron chi connectivity index (χ4n) is 2.73. The number of benzene rings is 1. The van der Waals surface area contributed by atoms with Gasteiger partial charge in [-0.1, -0.05) is 0 Å². The number of methoxy groups -OCH3 is 1. The lowest BCUT2D eigenvalue weighted by molar-refractivity contribution is -0.384. The predicted molar refractivity (Wildman–Crippen MR) is 80.5 cm³/mol. The Morgan fingerprint density at radius 2 is 2.13 bits per heavy atom. The number of aliphatic carboxylic acids is 1. The van der Waals surface area contributed by atoms with Gasteiger partial charge in [0.1, 0.15) is 5.75 Å². The number of carbonyl (C=O) groups excluding carboxylic acids is 1. The van der Waals surface area contributed by atoms with Gasteiger partial charge in [0, 0.05) is 25.2 Å². The number of piperidine rings is 1. The summed E-state index contributed by atoms with van der Waals surface area (Å²) in [5.41, 5.74) is -1.16. The first-order valence-electron chi connectivity index (χ1n) is 7.13. The van der Waals surface area contributed by atoms with Gasteiger partial charge in [-0.25, -0.2) is 0 Å². The molecule has 0 spiro atoms. The van der Waals surface area contributed by atoms with Crippen LogP contribution in [0.4, 0.5) is 5.69 Å². The van der Waals surface area contributed by atoms with Crippen LogP contribution >= 0.6 is 0 Å². The zero-order valence-corrected chi connectivity index (χ0v) is 12.9. The van der Waals surface area contributed by atoms with Crippen molar-refractivity contribution in [3.63, 3.8) is 0 Å². The molecule has 0 aliphatic carbocycles. The average Bonchev–Trinajstić information content (AvgIpc) is 2.53. The van der Waals surface area contributed by atoms with Gasteiger partial charge in [-0.15, -0.1) is 0 Å². The van der Waals surface area contributed by atoms with Gasteiger partial charge in [0.15, 0.2) is 0 Å². The standard InChI is InChI=1S/C15H18N2O6/c1-15(14(19)20)6-3-7-16(9-15)13(18)11-8-10(17(21)22)4-5-12(11)23-2/h4-5,8H,3,6-7,9H2,1-2H3,(H,19,20). The highest BCUT2D eigenvalue weighted by atomic mass is 16.6. The van der Waals surface area contributed by atoms with Crippen molar-refractivity contribution in [1.82, 2.24) is 4.90 Å². The van der Waals surface area contributed by atoms with Crippen LogP contribution in [0.2, 0.25) is 0 Å². The van der Waals surface area contributed by atoms with E-state index in [0.29, 0.717) is 19.4 Å². The third kappa shape index (κ3) is 3.25. The van der Waals surface area contributed by atoms with Gasteiger partial charge in [-0.2, -0.15) is 0 Å². The number of likely N-dealkylation sites (tertiary alicyclic amines) is 1. The Morgan fingerprint density at radius 1 is 1.43 bits per heavy atom. The maximum absolute atomic E-state index is 12.7. The van der Waals surface area contributed by atoms with E-state index in [4.69, 9.17) is 4.74 Å². The third-order valence-corrected chi connectivity index (χ3v) is 4.12. The molecule has 1 N–H and O–H groups in total. The molecule has 8 nitrogen and oxygen atoms in total. The van der Waals surface area contributed by atoms with Crippen molar-refractivity contribution in [2.75, 3.05) is 20.2 Å². The second-order valence-electron chi connectivity index (χ2n) is 5.84. The molecular formula is C15H18N2O6. The van der Waals surface area contributed by atoms with E-state index in [2.05, 4.69) is 0 Å². The van der Waals surface area contributed by atoms with Crippen LogP contribution in [-0.4, -0.2) is 47.0 Å². The number of rotatable bonds is 4. The van der Waals surface area contributed by atoms with Gasteiger partial charge in [-0.3, -0.25) is 19.7 Å². The molecule has 23 heavy (non-hydrogen) atoms.